The Labute approximate surface area is 96.6 Å². The summed E-state index contributed by atoms with van der Waals surface area (Å²) in [7, 11) is -3.04. The average Bonchev–Trinajstić information content (AvgIpc) is 2.16. The van der Waals surface area contributed by atoms with E-state index in [0.717, 1.165) is 19.6 Å². The highest BCUT2D eigenvalue weighted by atomic mass is 35.5. The van der Waals surface area contributed by atoms with Gasteiger partial charge in [-0.15, -0.1) is 12.4 Å². The highest BCUT2D eigenvalue weighted by Crippen LogP contribution is 2.18. The van der Waals surface area contributed by atoms with E-state index in [2.05, 4.69) is 5.32 Å². The van der Waals surface area contributed by atoms with Gasteiger partial charge in [0.25, 0.3) is 0 Å². The van der Waals surface area contributed by atoms with Gasteiger partial charge < -0.3 is 10.1 Å². The van der Waals surface area contributed by atoms with Gasteiger partial charge in [-0.3, -0.25) is 0 Å². The Morgan fingerprint density at radius 3 is 2.87 bits per heavy atom. The van der Waals surface area contributed by atoms with Crippen molar-refractivity contribution in [1.29, 1.82) is 0 Å². The van der Waals surface area contributed by atoms with E-state index in [0.29, 0.717) is 13.1 Å². The molecule has 2 atom stereocenters. The van der Waals surface area contributed by atoms with Crippen LogP contribution in [0.25, 0.3) is 0 Å². The van der Waals surface area contributed by atoms with Gasteiger partial charge in [-0.05, 0) is 6.42 Å². The van der Waals surface area contributed by atoms with Gasteiger partial charge in [-0.2, -0.15) is 0 Å². The summed E-state index contributed by atoms with van der Waals surface area (Å²) in [6, 6.07) is 0.173. The Kier molecular flexibility index (Phi) is 4.37. The summed E-state index contributed by atoms with van der Waals surface area (Å²) in [6.45, 7) is 2.68. The van der Waals surface area contributed by atoms with E-state index in [9.17, 15) is 8.42 Å². The van der Waals surface area contributed by atoms with Crippen molar-refractivity contribution in [3.8, 4) is 0 Å². The molecule has 0 aliphatic carbocycles. The first-order valence-corrected chi connectivity index (χ1v) is 6.72. The van der Waals surface area contributed by atoms with Crippen LogP contribution in [0.1, 0.15) is 6.42 Å². The Morgan fingerprint density at radius 2 is 2.20 bits per heavy atom. The van der Waals surface area contributed by atoms with E-state index in [4.69, 9.17) is 4.74 Å². The molecule has 0 aromatic carbocycles. The third kappa shape index (κ3) is 3.04. The molecule has 0 bridgehead atoms. The smallest absolute Gasteiger partial charge is 0.211 e. The van der Waals surface area contributed by atoms with Crippen LogP contribution < -0.4 is 5.32 Å². The molecule has 0 spiro atoms. The van der Waals surface area contributed by atoms with Crippen LogP contribution in [0.2, 0.25) is 0 Å². The number of nitrogens with zero attached hydrogens (tertiary/aromatic N) is 1. The minimum absolute atomic E-state index is 0. The molecule has 0 saturated carbocycles. The van der Waals surface area contributed by atoms with Gasteiger partial charge in [0, 0.05) is 25.7 Å². The summed E-state index contributed by atoms with van der Waals surface area (Å²) in [5, 5.41) is 3.29. The number of piperidine rings is 1. The Bertz CT molecular complexity index is 309. The van der Waals surface area contributed by atoms with Gasteiger partial charge in [-0.25, -0.2) is 12.7 Å². The second-order valence-electron chi connectivity index (χ2n) is 3.88. The van der Waals surface area contributed by atoms with Crippen molar-refractivity contribution in [2.45, 2.75) is 18.6 Å². The lowest BCUT2D eigenvalue weighted by Crippen LogP contribution is -2.59. The number of hydrogen-bond donors (Lipinski definition) is 1. The molecule has 2 saturated heterocycles. The van der Waals surface area contributed by atoms with Crippen molar-refractivity contribution in [2.75, 3.05) is 32.5 Å². The Hall–Kier alpha value is 0.120. The molecule has 15 heavy (non-hydrogen) atoms. The van der Waals surface area contributed by atoms with Crippen molar-refractivity contribution in [1.82, 2.24) is 9.62 Å². The summed E-state index contributed by atoms with van der Waals surface area (Å²) in [5.74, 6) is 0. The van der Waals surface area contributed by atoms with Crippen LogP contribution in [-0.2, 0) is 14.8 Å². The van der Waals surface area contributed by atoms with Gasteiger partial charge in [0.2, 0.25) is 10.0 Å². The first kappa shape index (κ1) is 13.2. The number of sulfonamides is 1. The largest absolute Gasteiger partial charge is 0.375 e. The molecule has 0 aromatic heterocycles. The van der Waals surface area contributed by atoms with Crippen LogP contribution in [0.4, 0.5) is 0 Å². The molecule has 2 heterocycles. The number of morpholine rings is 1. The number of fused-ring (bicyclic) bond motifs is 1. The van der Waals surface area contributed by atoms with Crippen LogP contribution >= 0.6 is 12.4 Å². The molecule has 7 heteroatoms. The first-order valence-electron chi connectivity index (χ1n) is 4.87. The van der Waals surface area contributed by atoms with Crippen molar-refractivity contribution < 1.29 is 13.2 Å². The molecule has 5 nitrogen and oxygen atoms in total. The predicted molar refractivity (Wildman–Crippen MR) is 59.8 cm³/mol. The minimum Gasteiger partial charge on any atom is -0.375 e. The topological polar surface area (TPSA) is 58.6 Å². The molecular formula is C8H17ClN2O3S. The lowest BCUT2D eigenvalue weighted by Gasteiger charge is -2.40. The maximum absolute atomic E-state index is 11.3. The van der Waals surface area contributed by atoms with Crippen molar-refractivity contribution >= 4 is 22.4 Å². The zero-order valence-electron chi connectivity index (χ0n) is 8.68. The fraction of sp³-hybridized carbons (Fsp3) is 1.00. The molecule has 1 N–H and O–H groups in total. The van der Waals surface area contributed by atoms with Crippen molar-refractivity contribution in [3.05, 3.63) is 0 Å². The summed E-state index contributed by atoms with van der Waals surface area (Å²) in [4.78, 5) is 0. The highest BCUT2D eigenvalue weighted by Gasteiger charge is 2.34. The fourth-order valence-electron chi connectivity index (χ4n) is 2.05. The highest BCUT2D eigenvalue weighted by molar-refractivity contribution is 7.88. The lowest BCUT2D eigenvalue weighted by atomic mass is 10.0. The Balaban J connectivity index is 0.00000112. The van der Waals surface area contributed by atoms with Crippen LogP contribution in [-0.4, -0.2) is 57.4 Å². The third-order valence-corrected chi connectivity index (χ3v) is 4.09. The van der Waals surface area contributed by atoms with Crippen LogP contribution in [0.3, 0.4) is 0 Å². The molecule has 2 unspecified atom stereocenters. The molecule has 0 aromatic rings. The number of nitrogens with one attached hydrogen (secondary N) is 1. The molecular weight excluding hydrogens is 240 g/mol. The van der Waals surface area contributed by atoms with E-state index in [1.165, 1.54) is 10.6 Å². The maximum atomic E-state index is 11.3. The van der Waals surface area contributed by atoms with E-state index < -0.39 is 10.0 Å². The summed E-state index contributed by atoms with van der Waals surface area (Å²) in [5.41, 5.74) is 0. The maximum Gasteiger partial charge on any atom is 0.211 e. The zero-order valence-corrected chi connectivity index (χ0v) is 10.3. The zero-order chi connectivity index (χ0) is 10.2. The number of ether oxygens (including phenoxy) is 1. The lowest BCUT2D eigenvalue weighted by molar-refractivity contribution is -0.0301. The quantitative estimate of drug-likeness (QED) is 0.683. The summed E-state index contributed by atoms with van der Waals surface area (Å²) in [6.07, 6.45) is 2.25. The average molecular weight is 257 g/mol. The first-order chi connectivity index (χ1) is 6.57. The fourth-order valence-corrected chi connectivity index (χ4v) is 2.92. The normalized spacial score (nSPS) is 32.9. The minimum atomic E-state index is -3.04. The van der Waals surface area contributed by atoms with Crippen LogP contribution in [0, 0.1) is 0 Å². The van der Waals surface area contributed by atoms with E-state index in [-0.39, 0.29) is 24.6 Å². The van der Waals surface area contributed by atoms with E-state index in [1.54, 1.807) is 0 Å². The number of hydrogen-bond acceptors (Lipinski definition) is 4. The molecule has 90 valence electrons. The third-order valence-electron chi connectivity index (χ3n) is 2.82. The van der Waals surface area contributed by atoms with Gasteiger partial charge >= 0.3 is 0 Å². The molecule has 2 fully saturated rings. The standard InChI is InChI=1S/C8H16N2O3S.ClH/c1-14(11,12)10-4-2-8-7(6-10)9-3-5-13-8;/h7-9H,2-6H2,1H3;1H. The number of rotatable bonds is 1. The van der Waals surface area contributed by atoms with Crippen molar-refractivity contribution in [2.24, 2.45) is 0 Å². The molecule has 0 amide bonds. The Morgan fingerprint density at radius 1 is 1.47 bits per heavy atom. The SMILES string of the molecule is CS(=O)(=O)N1CCC2OCCNC2C1.Cl. The summed E-state index contributed by atoms with van der Waals surface area (Å²) >= 11 is 0. The van der Waals surface area contributed by atoms with E-state index in [1.807, 2.05) is 0 Å². The van der Waals surface area contributed by atoms with Crippen LogP contribution in [0.5, 0.6) is 0 Å². The van der Waals surface area contributed by atoms with Gasteiger partial charge in [0.05, 0.1) is 19.0 Å². The second-order valence-corrected chi connectivity index (χ2v) is 5.86. The van der Waals surface area contributed by atoms with Crippen molar-refractivity contribution in [3.63, 3.8) is 0 Å². The predicted octanol–water partition coefficient (Wildman–Crippen LogP) is -0.569. The summed E-state index contributed by atoms with van der Waals surface area (Å²) < 4.78 is 29.7. The molecule has 0 radical (unpaired) electrons. The number of halogens is 1. The van der Waals surface area contributed by atoms with Gasteiger partial charge in [-0.1, -0.05) is 0 Å². The van der Waals surface area contributed by atoms with E-state index >= 15 is 0 Å². The van der Waals surface area contributed by atoms with Crippen LogP contribution in [0.15, 0.2) is 0 Å². The second kappa shape index (κ2) is 4.97. The van der Waals surface area contributed by atoms with Gasteiger partial charge in [0.15, 0.2) is 0 Å². The monoisotopic (exact) mass is 256 g/mol. The van der Waals surface area contributed by atoms with Gasteiger partial charge in [0.1, 0.15) is 0 Å². The molecule has 2 aliphatic heterocycles. The molecule has 2 rings (SSSR count). The molecule has 2 aliphatic rings.